The van der Waals surface area contributed by atoms with Gasteiger partial charge in [-0.05, 0) is 0 Å². The van der Waals surface area contributed by atoms with Gasteiger partial charge in [-0.2, -0.15) is 39.5 Å². The van der Waals surface area contributed by atoms with E-state index in [2.05, 4.69) is 0 Å². The highest BCUT2D eigenvalue weighted by Crippen LogP contribution is 2.49. The lowest BCUT2D eigenvalue weighted by molar-refractivity contribution is -0.222. The van der Waals surface area contributed by atoms with Gasteiger partial charge in [-0.25, -0.2) is 0 Å². The summed E-state index contributed by atoms with van der Waals surface area (Å²) >= 11 is 0. The van der Waals surface area contributed by atoms with Crippen LogP contribution in [-0.4, -0.2) is 18.0 Å². The quantitative estimate of drug-likeness (QED) is 0.660. The number of rotatable bonds is 3. The van der Waals surface area contributed by atoms with E-state index in [4.69, 9.17) is 0 Å². The summed E-state index contributed by atoms with van der Waals surface area (Å²) in [6.07, 6.45) is -11.8. The summed E-state index contributed by atoms with van der Waals surface area (Å²) in [5, 5.41) is 0. The Hall–Kier alpha value is -0.890. The van der Waals surface area contributed by atoms with E-state index in [1.807, 2.05) is 0 Å². The summed E-state index contributed by atoms with van der Waals surface area (Å²) in [4.78, 5) is 0. The second-order valence-electron chi connectivity index (χ2n) is 2.77. The van der Waals surface area contributed by atoms with E-state index < -0.39 is 36.1 Å². The lowest BCUT2D eigenvalue weighted by Crippen LogP contribution is -2.46. The molecule has 0 fully saturated rings. The molecule has 0 radical (unpaired) electrons. The molecule has 16 heavy (non-hydrogen) atoms. The average molecular weight is 260 g/mol. The van der Waals surface area contributed by atoms with Gasteiger partial charge in [0.2, 0.25) is 0 Å². The Bertz CT molecular complexity index is 281. The molecule has 0 aliphatic heterocycles. The van der Waals surface area contributed by atoms with E-state index in [0.717, 1.165) is 0 Å². The van der Waals surface area contributed by atoms with Crippen molar-refractivity contribution in [1.82, 2.24) is 0 Å². The van der Waals surface area contributed by atoms with Gasteiger partial charge < -0.3 is 0 Å². The zero-order valence-corrected chi connectivity index (χ0v) is 7.61. The number of halogens is 9. The number of allylic oxidation sites excluding steroid dienone is 1. The predicted molar refractivity (Wildman–Crippen MR) is 35.5 cm³/mol. The second-order valence-corrected chi connectivity index (χ2v) is 2.77. The zero-order valence-electron chi connectivity index (χ0n) is 7.61. The van der Waals surface area contributed by atoms with Crippen LogP contribution in [0, 0.1) is 0 Å². The Kier molecular flexibility index (Phi) is 3.94. The monoisotopic (exact) mass is 260 g/mol. The molecular weight excluding hydrogens is 255 g/mol. The van der Waals surface area contributed by atoms with E-state index in [1.165, 1.54) is 0 Å². The SMILES string of the molecule is CCC(F)(F)C(F)(F)C(=C(F)F)C(F)(F)F. The van der Waals surface area contributed by atoms with Gasteiger partial charge in [0.1, 0.15) is 0 Å². The first-order valence-corrected chi connectivity index (χ1v) is 3.76. The van der Waals surface area contributed by atoms with Crippen LogP contribution in [0.1, 0.15) is 13.3 Å². The van der Waals surface area contributed by atoms with Crippen molar-refractivity contribution in [2.24, 2.45) is 0 Å². The Morgan fingerprint density at radius 2 is 1.25 bits per heavy atom. The largest absolute Gasteiger partial charge is 0.423 e. The van der Waals surface area contributed by atoms with E-state index in [-0.39, 0.29) is 0 Å². The smallest absolute Gasteiger partial charge is 0.200 e. The molecule has 0 aliphatic carbocycles. The minimum atomic E-state index is -6.22. The van der Waals surface area contributed by atoms with Crippen molar-refractivity contribution in [1.29, 1.82) is 0 Å². The fourth-order valence-corrected chi connectivity index (χ4v) is 0.809. The van der Waals surface area contributed by atoms with Gasteiger partial charge in [0, 0.05) is 6.42 Å². The van der Waals surface area contributed by atoms with Gasteiger partial charge in [-0.3, -0.25) is 0 Å². The molecule has 0 aromatic heterocycles. The van der Waals surface area contributed by atoms with Gasteiger partial charge in [0.05, 0.1) is 0 Å². The molecule has 0 spiro atoms. The van der Waals surface area contributed by atoms with Gasteiger partial charge in [0.15, 0.2) is 5.57 Å². The predicted octanol–water partition coefficient (Wildman–Crippen LogP) is 4.38. The van der Waals surface area contributed by atoms with Crippen LogP contribution in [0.25, 0.3) is 0 Å². The summed E-state index contributed by atoms with van der Waals surface area (Å²) < 4.78 is 109. The molecule has 0 N–H and O–H groups in total. The highest BCUT2D eigenvalue weighted by Gasteiger charge is 2.66. The molecule has 9 heteroatoms. The third-order valence-corrected chi connectivity index (χ3v) is 1.69. The van der Waals surface area contributed by atoms with Crippen LogP contribution in [-0.2, 0) is 0 Å². The fourth-order valence-electron chi connectivity index (χ4n) is 0.809. The molecular formula is C7H5F9. The molecule has 0 aromatic rings. The van der Waals surface area contributed by atoms with Crippen LogP contribution >= 0.6 is 0 Å². The van der Waals surface area contributed by atoms with E-state index in [1.54, 1.807) is 0 Å². The molecule has 0 aliphatic rings. The standard InChI is InChI=1S/C7H5F9/c1-2-5(10,11)6(12,13)3(4(8)9)7(14,15)16/h2H2,1H3. The summed E-state index contributed by atoms with van der Waals surface area (Å²) in [6, 6.07) is 0. The van der Waals surface area contributed by atoms with Crippen LogP contribution in [0.5, 0.6) is 0 Å². The third kappa shape index (κ3) is 2.62. The van der Waals surface area contributed by atoms with Gasteiger partial charge in [0.25, 0.3) is 6.08 Å². The fraction of sp³-hybridized carbons (Fsp3) is 0.714. The van der Waals surface area contributed by atoms with Crippen LogP contribution in [0.4, 0.5) is 39.5 Å². The van der Waals surface area contributed by atoms with Crippen LogP contribution < -0.4 is 0 Å². The van der Waals surface area contributed by atoms with Crippen LogP contribution in [0.15, 0.2) is 11.7 Å². The minimum absolute atomic E-state index is 0.456. The Morgan fingerprint density at radius 3 is 1.44 bits per heavy atom. The lowest BCUT2D eigenvalue weighted by atomic mass is 10.0. The summed E-state index contributed by atoms with van der Waals surface area (Å²) in [7, 11) is 0. The highest BCUT2D eigenvalue weighted by molar-refractivity contribution is 5.23. The number of hydrogen-bond acceptors (Lipinski definition) is 0. The van der Waals surface area contributed by atoms with Crippen molar-refractivity contribution in [2.45, 2.75) is 31.4 Å². The Balaban J connectivity index is 5.69. The topological polar surface area (TPSA) is 0 Å². The Labute approximate surface area is 83.7 Å². The summed E-state index contributed by atoms with van der Waals surface area (Å²) in [5.74, 6) is -11.2. The lowest BCUT2D eigenvalue weighted by Gasteiger charge is -2.27. The maximum absolute atomic E-state index is 12.6. The molecule has 0 unspecified atom stereocenters. The molecule has 0 saturated heterocycles. The first-order valence-electron chi connectivity index (χ1n) is 3.76. The van der Waals surface area contributed by atoms with E-state index in [0.29, 0.717) is 6.92 Å². The normalized spacial score (nSPS) is 13.9. The molecule has 0 amide bonds. The first kappa shape index (κ1) is 15.1. The number of hydrogen-bond donors (Lipinski definition) is 0. The summed E-state index contributed by atoms with van der Waals surface area (Å²) in [6.45, 7) is 0.456. The third-order valence-electron chi connectivity index (χ3n) is 1.69. The second kappa shape index (κ2) is 4.17. The van der Waals surface area contributed by atoms with E-state index >= 15 is 0 Å². The van der Waals surface area contributed by atoms with Crippen molar-refractivity contribution in [3.63, 3.8) is 0 Å². The molecule has 96 valence electrons. The minimum Gasteiger partial charge on any atom is -0.200 e. The summed E-state index contributed by atoms with van der Waals surface area (Å²) in [5.41, 5.74) is -3.80. The highest BCUT2D eigenvalue weighted by atomic mass is 19.4. The zero-order chi connectivity index (χ0) is 13.4. The van der Waals surface area contributed by atoms with Crippen LogP contribution in [0.3, 0.4) is 0 Å². The van der Waals surface area contributed by atoms with Gasteiger partial charge in [-0.1, -0.05) is 6.92 Å². The first-order chi connectivity index (χ1) is 6.88. The maximum Gasteiger partial charge on any atom is 0.423 e. The van der Waals surface area contributed by atoms with Crippen molar-refractivity contribution >= 4 is 0 Å². The molecule has 0 atom stereocenters. The molecule has 0 aromatic carbocycles. The van der Waals surface area contributed by atoms with Gasteiger partial charge >= 0.3 is 18.0 Å². The van der Waals surface area contributed by atoms with Crippen molar-refractivity contribution < 1.29 is 39.5 Å². The number of alkyl halides is 7. The maximum atomic E-state index is 12.6. The van der Waals surface area contributed by atoms with Gasteiger partial charge in [-0.15, -0.1) is 0 Å². The molecule has 0 nitrogen and oxygen atoms in total. The average Bonchev–Trinajstić information content (AvgIpc) is 1.99. The molecule has 0 rings (SSSR count). The molecule has 0 bridgehead atoms. The molecule has 0 saturated carbocycles. The Morgan fingerprint density at radius 1 is 0.875 bits per heavy atom. The van der Waals surface area contributed by atoms with Crippen molar-refractivity contribution in [3.05, 3.63) is 11.7 Å². The van der Waals surface area contributed by atoms with E-state index in [9.17, 15) is 39.5 Å². The van der Waals surface area contributed by atoms with Crippen LogP contribution in [0.2, 0.25) is 0 Å². The molecule has 0 heterocycles. The van der Waals surface area contributed by atoms with Crippen molar-refractivity contribution in [2.75, 3.05) is 0 Å². The van der Waals surface area contributed by atoms with Crippen molar-refractivity contribution in [3.8, 4) is 0 Å².